The smallest absolute Gasteiger partial charge is 0.249 e. The molecule has 7 atom stereocenters. The lowest BCUT2D eigenvalue weighted by molar-refractivity contribution is -0.144. The average Bonchev–Trinajstić information content (AvgIpc) is 3.56. The second kappa shape index (κ2) is 14.8. The molecule has 248 valence electrons. The Hall–Kier alpha value is -3.73. The molecule has 3 aliphatic rings. The van der Waals surface area contributed by atoms with E-state index in [2.05, 4.69) is 16.0 Å². The number of hydrogen-bond donors (Lipinski definition) is 4. The first-order valence-corrected chi connectivity index (χ1v) is 16.5. The molecule has 0 radical (unpaired) electrons. The Bertz CT molecular complexity index is 1420. The van der Waals surface area contributed by atoms with Gasteiger partial charge in [-0.25, -0.2) is 0 Å². The maximum absolute atomic E-state index is 14.2. The zero-order chi connectivity index (χ0) is 32.8. The number of ether oxygens (including phenoxy) is 2. The molecule has 2 aromatic carbocycles. The van der Waals surface area contributed by atoms with Gasteiger partial charge in [0.25, 0.3) is 0 Å². The van der Waals surface area contributed by atoms with Crippen molar-refractivity contribution in [3.63, 3.8) is 0 Å². The standard InChI is InChI=1S/C36H48N4O6/c1-5-23(2)36(39-24(3)41)16-17-40(35(36)44)31-13-9-10-18-46-33-21-29(28-20-26(45-4)14-15-27(28)33)37-22-32(42)30(38-34(31)43)19-25-11-7-6-8-12-25/h6-12,14-15,20,23,29-33,37,42H,5,13,16-19,21-22H2,1-4H3,(H,38,43)(H,39,41)/b10-9+/t23-,29-,30-,31-,32+,33+,36-/m0/s1. The minimum atomic E-state index is -1.06. The van der Waals surface area contributed by atoms with E-state index < -0.39 is 23.7 Å². The zero-order valence-corrected chi connectivity index (χ0v) is 27.3. The molecule has 3 amide bonds. The molecule has 0 unspecified atom stereocenters. The number of nitrogens with zero attached hydrogens (tertiary/aromatic N) is 1. The summed E-state index contributed by atoms with van der Waals surface area (Å²) >= 11 is 0. The van der Waals surface area contributed by atoms with Crippen LogP contribution < -0.4 is 20.7 Å². The Morgan fingerprint density at radius 2 is 1.96 bits per heavy atom. The highest BCUT2D eigenvalue weighted by atomic mass is 16.5. The Morgan fingerprint density at radius 3 is 2.67 bits per heavy atom. The number of β-amino-alcohol motifs (C(OH)–C–C–N with tert-alkyl or cyclic N) is 1. The monoisotopic (exact) mass is 632 g/mol. The van der Waals surface area contributed by atoms with Crippen LogP contribution in [0.2, 0.25) is 0 Å². The summed E-state index contributed by atoms with van der Waals surface area (Å²) in [6.45, 7) is 6.29. The van der Waals surface area contributed by atoms with Crippen molar-refractivity contribution in [1.82, 2.24) is 20.9 Å². The van der Waals surface area contributed by atoms with Crippen LogP contribution in [0.25, 0.3) is 0 Å². The van der Waals surface area contributed by atoms with E-state index in [1.54, 1.807) is 12.0 Å². The van der Waals surface area contributed by atoms with Gasteiger partial charge in [-0.1, -0.05) is 68.8 Å². The Balaban J connectivity index is 1.46. The largest absolute Gasteiger partial charge is 0.497 e. The van der Waals surface area contributed by atoms with E-state index in [9.17, 15) is 19.5 Å². The highest BCUT2D eigenvalue weighted by molar-refractivity contribution is 5.96. The number of aliphatic hydroxyl groups is 1. The third-order valence-corrected chi connectivity index (χ3v) is 9.97. The number of fused-ring (bicyclic) bond motifs is 5. The van der Waals surface area contributed by atoms with Gasteiger partial charge in [0.1, 0.15) is 17.3 Å². The van der Waals surface area contributed by atoms with Crippen molar-refractivity contribution in [1.29, 1.82) is 0 Å². The molecule has 10 heteroatoms. The summed E-state index contributed by atoms with van der Waals surface area (Å²) in [5, 5.41) is 21.2. The van der Waals surface area contributed by atoms with E-state index in [4.69, 9.17) is 9.47 Å². The molecule has 10 nitrogen and oxygen atoms in total. The van der Waals surface area contributed by atoms with Gasteiger partial charge in [0.05, 0.1) is 32.0 Å². The number of carbonyl (C=O) groups excluding carboxylic acids is 3. The first-order chi connectivity index (χ1) is 22.2. The fraction of sp³-hybridized carbons (Fsp3) is 0.528. The van der Waals surface area contributed by atoms with Crippen molar-refractivity contribution in [3.05, 3.63) is 77.4 Å². The molecule has 0 aromatic heterocycles. The Labute approximate surface area is 271 Å². The molecule has 2 bridgehead atoms. The van der Waals surface area contributed by atoms with Gasteiger partial charge in [-0.2, -0.15) is 0 Å². The maximum atomic E-state index is 14.2. The maximum Gasteiger partial charge on any atom is 0.249 e. The number of rotatable bonds is 7. The van der Waals surface area contributed by atoms with Gasteiger partial charge in [0.15, 0.2) is 0 Å². The van der Waals surface area contributed by atoms with Crippen molar-refractivity contribution in [2.45, 2.75) is 88.7 Å². The van der Waals surface area contributed by atoms with Gasteiger partial charge in [-0.05, 0) is 60.4 Å². The first kappa shape index (κ1) is 33.6. The Morgan fingerprint density at radius 1 is 1.17 bits per heavy atom. The normalized spacial score (nSPS) is 30.0. The number of likely N-dealkylation sites (tertiary alicyclic amines) is 1. The molecule has 5 rings (SSSR count). The second-order valence-corrected chi connectivity index (χ2v) is 12.8. The predicted octanol–water partition coefficient (Wildman–Crippen LogP) is 3.36. The minimum Gasteiger partial charge on any atom is -0.497 e. The fourth-order valence-corrected chi connectivity index (χ4v) is 7.19. The number of hydrogen-bond acceptors (Lipinski definition) is 7. The first-order valence-electron chi connectivity index (χ1n) is 16.5. The third-order valence-electron chi connectivity index (χ3n) is 9.97. The lowest BCUT2D eigenvalue weighted by Gasteiger charge is -2.36. The lowest BCUT2D eigenvalue weighted by atomic mass is 9.81. The van der Waals surface area contributed by atoms with Crippen LogP contribution in [-0.2, 0) is 25.5 Å². The minimum absolute atomic E-state index is 0.0654. The fourth-order valence-electron chi connectivity index (χ4n) is 7.19. The van der Waals surface area contributed by atoms with Crippen LogP contribution in [0, 0.1) is 5.92 Å². The molecule has 1 fully saturated rings. The van der Waals surface area contributed by atoms with Crippen LogP contribution in [0.3, 0.4) is 0 Å². The highest BCUT2D eigenvalue weighted by Gasteiger charge is 2.53. The number of benzene rings is 2. The quantitative estimate of drug-likeness (QED) is 0.345. The average molecular weight is 633 g/mol. The van der Waals surface area contributed by atoms with Gasteiger partial charge >= 0.3 is 0 Å². The molecule has 1 saturated heterocycles. The molecule has 4 N–H and O–H groups in total. The molecular weight excluding hydrogens is 584 g/mol. The summed E-state index contributed by atoms with van der Waals surface area (Å²) < 4.78 is 11.8. The van der Waals surface area contributed by atoms with Gasteiger partial charge in [0.2, 0.25) is 17.7 Å². The lowest BCUT2D eigenvalue weighted by Crippen LogP contribution is -2.60. The summed E-state index contributed by atoms with van der Waals surface area (Å²) in [6.07, 6.45) is 5.22. The summed E-state index contributed by atoms with van der Waals surface area (Å²) in [4.78, 5) is 42.2. The number of amides is 3. The Kier molecular flexibility index (Phi) is 10.8. The summed E-state index contributed by atoms with van der Waals surface area (Å²) in [5.41, 5.74) is 2.08. The van der Waals surface area contributed by atoms with E-state index in [0.29, 0.717) is 38.8 Å². The van der Waals surface area contributed by atoms with Gasteiger partial charge in [-0.15, -0.1) is 0 Å². The number of aliphatic hydroxyl groups excluding tert-OH is 1. The number of methoxy groups -OCH3 is 1. The van der Waals surface area contributed by atoms with Crippen LogP contribution in [0.1, 0.15) is 75.3 Å². The molecule has 2 aliphatic heterocycles. The molecule has 46 heavy (non-hydrogen) atoms. The van der Waals surface area contributed by atoms with Gasteiger partial charge in [-0.3, -0.25) is 14.4 Å². The SMILES string of the molecule is CC[C@H](C)[C@@]1(NC(C)=O)CCN([C@H]2C/C=C/CO[C@@H]3C[C@H](NC[C@@H](O)[C@H](Cc4ccccc4)NC2=O)c2cc(OC)ccc23)C1=O. The third kappa shape index (κ3) is 7.14. The highest BCUT2D eigenvalue weighted by Crippen LogP contribution is 2.42. The molecule has 2 heterocycles. The molecule has 0 spiro atoms. The van der Waals surface area contributed by atoms with Crippen molar-refractivity contribution >= 4 is 17.7 Å². The molecule has 2 aromatic rings. The molecule has 1 aliphatic carbocycles. The molecular formula is C36H48N4O6. The van der Waals surface area contributed by atoms with Crippen molar-refractivity contribution in [2.24, 2.45) is 5.92 Å². The predicted molar refractivity (Wildman–Crippen MR) is 175 cm³/mol. The van der Waals surface area contributed by atoms with Gasteiger partial charge < -0.3 is 35.4 Å². The van der Waals surface area contributed by atoms with E-state index in [0.717, 1.165) is 22.4 Å². The van der Waals surface area contributed by atoms with Crippen molar-refractivity contribution < 1.29 is 29.0 Å². The van der Waals surface area contributed by atoms with Crippen LogP contribution in [0.5, 0.6) is 5.75 Å². The second-order valence-electron chi connectivity index (χ2n) is 12.8. The van der Waals surface area contributed by atoms with Crippen LogP contribution in [0.15, 0.2) is 60.7 Å². The van der Waals surface area contributed by atoms with Crippen LogP contribution in [0.4, 0.5) is 0 Å². The summed E-state index contributed by atoms with van der Waals surface area (Å²) in [6, 6.07) is 14.2. The van der Waals surface area contributed by atoms with Gasteiger partial charge in [0, 0.05) is 26.1 Å². The van der Waals surface area contributed by atoms with E-state index in [-0.39, 0.29) is 48.8 Å². The van der Waals surface area contributed by atoms with E-state index >= 15 is 0 Å². The van der Waals surface area contributed by atoms with Crippen molar-refractivity contribution in [3.8, 4) is 5.75 Å². The van der Waals surface area contributed by atoms with Crippen molar-refractivity contribution in [2.75, 3.05) is 26.8 Å². The summed E-state index contributed by atoms with van der Waals surface area (Å²) in [7, 11) is 1.64. The summed E-state index contributed by atoms with van der Waals surface area (Å²) in [5.74, 6) is -0.209. The van der Waals surface area contributed by atoms with E-state index in [1.165, 1.54) is 6.92 Å². The van der Waals surface area contributed by atoms with E-state index in [1.807, 2.05) is 74.5 Å². The van der Waals surface area contributed by atoms with Crippen LogP contribution >= 0.6 is 0 Å². The topological polar surface area (TPSA) is 129 Å². The number of nitrogens with one attached hydrogen (secondary N) is 3. The van der Waals surface area contributed by atoms with Crippen LogP contribution in [-0.4, -0.2) is 78.3 Å². The molecule has 0 saturated carbocycles. The number of carbonyl (C=O) groups is 3. The zero-order valence-electron chi connectivity index (χ0n) is 27.3.